The third kappa shape index (κ3) is 5.65. The highest BCUT2D eigenvalue weighted by Gasteiger charge is 2.17. The first-order valence-electron chi connectivity index (χ1n) is 8.95. The number of thioether (sulfide) groups is 1. The van der Waals surface area contributed by atoms with Gasteiger partial charge in [-0.05, 0) is 37.3 Å². The first-order valence-corrected chi connectivity index (χ1v) is 10.3. The van der Waals surface area contributed by atoms with Crippen LogP contribution in [-0.2, 0) is 11.3 Å². The van der Waals surface area contributed by atoms with E-state index in [2.05, 4.69) is 22.1 Å². The Morgan fingerprint density at radius 3 is 2.83 bits per heavy atom. The molecule has 0 aliphatic carbocycles. The molecular weight excluding hydrogens is 412 g/mol. The second kappa shape index (κ2) is 10.2. The summed E-state index contributed by atoms with van der Waals surface area (Å²) in [5.41, 5.74) is 0.870. The topological polar surface area (TPSA) is 82.2 Å². The Kier molecular flexibility index (Phi) is 7.37. The number of hydrogen-bond acceptors (Lipinski definition) is 6. The average molecular weight is 433 g/mol. The smallest absolute Gasteiger partial charge is 0.230 e. The molecule has 2 aromatic heterocycles. The molecule has 0 aliphatic rings. The number of allylic oxidation sites excluding steroid dienone is 1. The van der Waals surface area contributed by atoms with E-state index in [1.54, 1.807) is 36.6 Å². The van der Waals surface area contributed by atoms with Crippen LogP contribution < -0.4 is 10.1 Å². The van der Waals surface area contributed by atoms with Crippen molar-refractivity contribution < 1.29 is 13.9 Å². The Hall–Kier alpha value is -2.71. The average Bonchev–Trinajstić information content (AvgIpc) is 3.31. The van der Waals surface area contributed by atoms with Crippen molar-refractivity contribution in [3.05, 3.63) is 60.0 Å². The van der Waals surface area contributed by atoms with Gasteiger partial charge in [-0.3, -0.25) is 9.36 Å². The fourth-order valence-electron chi connectivity index (χ4n) is 2.58. The first kappa shape index (κ1) is 21.0. The molecule has 0 radical (unpaired) electrons. The van der Waals surface area contributed by atoms with E-state index in [-0.39, 0.29) is 11.7 Å². The Balaban J connectivity index is 1.49. The first-order chi connectivity index (χ1) is 14.1. The number of amides is 1. The van der Waals surface area contributed by atoms with Crippen molar-refractivity contribution in [2.24, 2.45) is 0 Å². The summed E-state index contributed by atoms with van der Waals surface area (Å²) >= 11 is 7.15. The molecule has 0 aliphatic heterocycles. The number of halogens is 1. The van der Waals surface area contributed by atoms with E-state index in [9.17, 15) is 4.79 Å². The Bertz CT molecular complexity index is 969. The number of benzene rings is 1. The van der Waals surface area contributed by atoms with Gasteiger partial charge in [0.1, 0.15) is 18.1 Å². The number of carbonyl (C=O) groups is 1. The van der Waals surface area contributed by atoms with Crippen molar-refractivity contribution in [2.75, 3.05) is 18.9 Å². The summed E-state index contributed by atoms with van der Waals surface area (Å²) < 4.78 is 12.8. The molecule has 29 heavy (non-hydrogen) atoms. The SMILES string of the molecule is C=CCn1c(SCC(=O)NCCOc2ccc(Cl)cc2)nnc1-c1ccoc1C. The molecule has 1 N–H and O–H groups in total. The summed E-state index contributed by atoms with van der Waals surface area (Å²) in [5.74, 6) is 2.27. The zero-order valence-electron chi connectivity index (χ0n) is 15.9. The van der Waals surface area contributed by atoms with Gasteiger partial charge in [0.25, 0.3) is 0 Å². The van der Waals surface area contributed by atoms with Crippen LogP contribution in [0.25, 0.3) is 11.4 Å². The lowest BCUT2D eigenvalue weighted by molar-refractivity contribution is -0.118. The summed E-state index contributed by atoms with van der Waals surface area (Å²) in [6.07, 6.45) is 3.38. The van der Waals surface area contributed by atoms with Crippen LogP contribution in [0.5, 0.6) is 5.75 Å². The number of furan rings is 1. The number of nitrogens with one attached hydrogen (secondary N) is 1. The third-order valence-corrected chi connectivity index (χ3v) is 5.19. The van der Waals surface area contributed by atoms with Gasteiger partial charge in [-0.25, -0.2) is 0 Å². The Labute approximate surface area is 178 Å². The molecule has 0 saturated carbocycles. The fourth-order valence-corrected chi connectivity index (χ4v) is 3.48. The molecule has 1 amide bonds. The maximum absolute atomic E-state index is 12.1. The van der Waals surface area contributed by atoms with Gasteiger partial charge < -0.3 is 14.5 Å². The summed E-state index contributed by atoms with van der Waals surface area (Å²) in [6, 6.07) is 8.92. The molecule has 9 heteroatoms. The van der Waals surface area contributed by atoms with E-state index in [1.165, 1.54) is 11.8 Å². The van der Waals surface area contributed by atoms with Crippen LogP contribution in [0.3, 0.4) is 0 Å². The van der Waals surface area contributed by atoms with Gasteiger partial charge in [-0.15, -0.1) is 16.8 Å². The molecule has 0 atom stereocenters. The van der Waals surface area contributed by atoms with Gasteiger partial charge in [0.05, 0.1) is 24.1 Å². The minimum absolute atomic E-state index is 0.107. The molecule has 152 valence electrons. The van der Waals surface area contributed by atoms with Gasteiger partial charge >= 0.3 is 0 Å². The largest absolute Gasteiger partial charge is 0.492 e. The zero-order valence-corrected chi connectivity index (χ0v) is 17.5. The molecule has 2 heterocycles. The van der Waals surface area contributed by atoms with Crippen molar-refractivity contribution >= 4 is 29.3 Å². The lowest BCUT2D eigenvalue weighted by Crippen LogP contribution is -2.29. The maximum Gasteiger partial charge on any atom is 0.230 e. The summed E-state index contributed by atoms with van der Waals surface area (Å²) in [4.78, 5) is 12.1. The van der Waals surface area contributed by atoms with Crippen LogP contribution in [0.4, 0.5) is 0 Å². The lowest BCUT2D eigenvalue weighted by Gasteiger charge is -2.09. The molecule has 0 saturated heterocycles. The quantitative estimate of drug-likeness (QED) is 0.296. The van der Waals surface area contributed by atoms with Crippen molar-refractivity contribution in [2.45, 2.75) is 18.6 Å². The van der Waals surface area contributed by atoms with Crippen LogP contribution in [0.2, 0.25) is 5.02 Å². The minimum atomic E-state index is -0.107. The molecular formula is C20H21ClN4O3S. The molecule has 0 unspecified atom stereocenters. The number of rotatable bonds is 10. The fraction of sp³-hybridized carbons (Fsp3) is 0.250. The number of carbonyl (C=O) groups excluding carboxylic acids is 1. The van der Waals surface area contributed by atoms with Crippen LogP contribution in [0.15, 0.2) is 58.8 Å². The Morgan fingerprint density at radius 1 is 1.34 bits per heavy atom. The highest BCUT2D eigenvalue weighted by atomic mass is 35.5. The van der Waals surface area contributed by atoms with Crippen LogP contribution >= 0.6 is 23.4 Å². The second-order valence-electron chi connectivity index (χ2n) is 6.04. The number of hydrogen-bond donors (Lipinski definition) is 1. The van der Waals surface area contributed by atoms with Crippen LogP contribution in [0, 0.1) is 6.92 Å². The standard InChI is InChI=1S/C20H21ClN4O3S/c1-3-10-25-19(17-8-11-27-14(17)2)23-24-20(25)29-13-18(26)22-9-12-28-16-6-4-15(21)5-7-16/h3-8,11H,1,9-10,12-13H2,2H3,(H,22,26). The van der Waals surface area contributed by atoms with E-state index in [1.807, 2.05) is 17.6 Å². The van der Waals surface area contributed by atoms with Crippen molar-refractivity contribution in [3.63, 3.8) is 0 Å². The number of nitrogens with zero attached hydrogens (tertiary/aromatic N) is 3. The van der Waals surface area contributed by atoms with E-state index >= 15 is 0 Å². The van der Waals surface area contributed by atoms with Crippen LogP contribution in [-0.4, -0.2) is 39.6 Å². The zero-order chi connectivity index (χ0) is 20.6. The van der Waals surface area contributed by atoms with Crippen LogP contribution in [0.1, 0.15) is 5.76 Å². The van der Waals surface area contributed by atoms with E-state index in [0.29, 0.717) is 41.4 Å². The van der Waals surface area contributed by atoms with Crippen molar-refractivity contribution in [1.29, 1.82) is 0 Å². The second-order valence-corrected chi connectivity index (χ2v) is 7.42. The molecule has 3 aromatic rings. The van der Waals surface area contributed by atoms with E-state index in [4.69, 9.17) is 20.8 Å². The molecule has 1 aromatic carbocycles. The molecule has 0 bridgehead atoms. The molecule has 0 spiro atoms. The normalized spacial score (nSPS) is 10.7. The lowest BCUT2D eigenvalue weighted by atomic mass is 10.2. The summed E-state index contributed by atoms with van der Waals surface area (Å²) in [5, 5.41) is 12.6. The third-order valence-electron chi connectivity index (χ3n) is 3.97. The maximum atomic E-state index is 12.1. The number of ether oxygens (including phenoxy) is 1. The van der Waals surface area contributed by atoms with Gasteiger partial charge in [-0.2, -0.15) is 0 Å². The number of aromatic nitrogens is 3. The monoisotopic (exact) mass is 432 g/mol. The summed E-state index contributed by atoms with van der Waals surface area (Å²) in [6.45, 7) is 6.96. The van der Waals surface area contributed by atoms with E-state index < -0.39 is 0 Å². The van der Waals surface area contributed by atoms with Crippen molar-refractivity contribution in [3.8, 4) is 17.1 Å². The van der Waals surface area contributed by atoms with Gasteiger partial charge in [-0.1, -0.05) is 29.4 Å². The highest BCUT2D eigenvalue weighted by molar-refractivity contribution is 7.99. The van der Waals surface area contributed by atoms with Crippen molar-refractivity contribution in [1.82, 2.24) is 20.1 Å². The highest BCUT2D eigenvalue weighted by Crippen LogP contribution is 2.27. The molecule has 0 fully saturated rings. The minimum Gasteiger partial charge on any atom is -0.492 e. The predicted octanol–water partition coefficient (Wildman–Crippen LogP) is 3.97. The Morgan fingerprint density at radius 2 is 2.14 bits per heavy atom. The van der Waals surface area contributed by atoms with Gasteiger partial charge in [0.2, 0.25) is 5.91 Å². The predicted molar refractivity (Wildman–Crippen MR) is 113 cm³/mol. The molecule has 7 nitrogen and oxygen atoms in total. The van der Waals surface area contributed by atoms with E-state index in [0.717, 1.165) is 11.3 Å². The summed E-state index contributed by atoms with van der Waals surface area (Å²) in [7, 11) is 0. The molecule has 3 rings (SSSR count). The van der Waals surface area contributed by atoms with Gasteiger partial charge in [0, 0.05) is 11.6 Å². The number of aryl methyl sites for hydroxylation is 1. The van der Waals surface area contributed by atoms with Gasteiger partial charge in [0.15, 0.2) is 11.0 Å².